The van der Waals surface area contributed by atoms with E-state index in [0.29, 0.717) is 28.7 Å². The Kier molecular flexibility index (Phi) is 4.34. The molecule has 0 bridgehead atoms. The van der Waals surface area contributed by atoms with Crippen LogP contribution >= 0.6 is 0 Å². The quantitative estimate of drug-likeness (QED) is 0.721. The van der Waals surface area contributed by atoms with Crippen LogP contribution in [0.15, 0.2) is 47.9 Å². The third-order valence-corrected chi connectivity index (χ3v) is 4.71. The lowest BCUT2D eigenvalue weighted by Crippen LogP contribution is -2.32. The van der Waals surface area contributed by atoms with E-state index in [-0.39, 0.29) is 5.91 Å². The van der Waals surface area contributed by atoms with Crippen LogP contribution in [-0.2, 0) is 11.8 Å². The minimum atomic E-state index is -0.459. The molecule has 4 rings (SSSR count). The number of fused-ring (bicyclic) bond motifs is 1. The van der Waals surface area contributed by atoms with E-state index in [1.54, 1.807) is 28.6 Å². The maximum absolute atomic E-state index is 13.3. The van der Waals surface area contributed by atoms with E-state index in [0.717, 1.165) is 11.4 Å². The largest absolute Gasteiger partial charge is 0.495 e. The Morgan fingerprint density at radius 3 is 2.79 bits per heavy atom. The van der Waals surface area contributed by atoms with Crippen molar-refractivity contribution in [3.05, 3.63) is 59.3 Å². The number of ether oxygens (including phenoxy) is 1. The molecule has 3 aromatic rings. The van der Waals surface area contributed by atoms with Gasteiger partial charge in [-0.25, -0.2) is 4.68 Å². The van der Waals surface area contributed by atoms with Crippen molar-refractivity contribution in [1.82, 2.24) is 24.5 Å². The number of nitrogens with one attached hydrogen (secondary N) is 2. The SMILES string of the molecule is COc1ccccc1NC(=O)C1=C(C)Nc2ncnn2C1c1cc(C)nn1C. The maximum Gasteiger partial charge on any atom is 0.256 e. The normalized spacial score (nSPS) is 15.8. The molecule has 1 amide bonds. The van der Waals surface area contributed by atoms with Crippen molar-refractivity contribution in [2.45, 2.75) is 19.9 Å². The Morgan fingerprint density at radius 1 is 1.29 bits per heavy atom. The predicted molar refractivity (Wildman–Crippen MR) is 104 cm³/mol. The van der Waals surface area contributed by atoms with E-state index in [9.17, 15) is 4.79 Å². The van der Waals surface area contributed by atoms with Crippen LogP contribution in [0, 0.1) is 6.92 Å². The molecule has 1 aliphatic rings. The molecule has 1 unspecified atom stereocenters. The molecule has 3 heterocycles. The molecular weight excluding hydrogens is 358 g/mol. The standard InChI is InChI=1S/C19H21N7O2/c1-11-9-14(25(3)24-11)17-16(12(2)22-19-20-10-21-26(17)19)18(27)23-13-7-5-6-8-15(13)28-4/h5-10,17H,1-4H3,(H,23,27)(H,20,21,22). The van der Waals surface area contributed by atoms with Crippen molar-refractivity contribution in [3.63, 3.8) is 0 Å². The van der Waals surface area contributed by atoms with Crippen LogP contribution in [0.4, 0.5) is 11.6 Å². The van der Waals surface area contributed by atoms with Gasteiger partial charge in [0.15, 0.2) is 0 Å². The number of carbonyl (C=O) groups excluding carboxylic acids is 1. The maximum atomic E-state index is 13.3. The van der Waals surface area contributed by atoms with Gasteiger partial charge in [0, 0.05) is 12.7 Å². The molecule has 9 nitrogen and oxygen atoms in total. The number of allylic oxidation sites excluding steroid dienone is 1. The summed E-state index contributed by atoms with van der Waals surface area (Å²) in [6.07, 6.45) is 1.47. The van der Waals surface area contributed by atoms with Crippen molar-refractivity contribution in [1.29, 1.82) is 0 Å². The van der Waals surface area contributed by atoms with Crippen LogP contribution in [0.5, 0.6) is 5.75 Å². The highest BCUT2D eigenvalue weighted by Crippen LogP contribution is 2.35. The number of benzene rings is 1. The van der Waals surface area contributed by atoms with Crippen molar-refractivity contribution in [2.24, 2.45) is 7.05 Å². The van der Waals surface area contributed by atoms with Gasteiger partial charge in [-0.05, 0) is 32.0 Å². The summed E-state index contributed by atoms with van der Waals surface area (Å²) < 4.78 is 8.81. The van der Waals surface area contributed by atoms with Gasteiger partial charge in [-0.15, -0.1) is 0 Å². The minimum Gasteiger partial charge on any atom is -0.495 e. The zero-order valence-electron chi connectivity index (χ0n) is 16.1. The molecule has 9 heteroatoms. The fraction of sp³-hybridized carbons (Fsp3) is 0.263. The molecule has 2 aromatic heterocycles. The Bertz CT molecular complexity index is 1080. The van der Waals surface area contributed by atoms with Gasteiger partial charge in [-0.1, -0.05) is 12.1 Å². The van der Waals surface area contributed by atoms with Gasteiger partial charge < -0.3 is 15.4 Å². The minimum absolute atomic E-state index is 0.250. The van der Waals surface area contributed by atoms with Crippen molar-refractivity contribution in [3.8, 4) is 5.75 Å². The lowest BCUT2D eigenvalue weighted by molar-refractivity contribution is -0.113. The van der Waals surface area contributed by atoms with E-state index in [4.69, 9.17) is 4.74 Å². The van der Waals surface area contributed by atoms with Gasteiger partial charge in [0.05, 0.1) is 29.8 Å². The smallest absolute Gasteiger partial charge is 0.256 e. The number of methoxy groups -OCH3 is 1. The summed E-state index contributed by atoms with van der Waals surface area (Å²) >= 11 is 0. The Morgan fingerprint density at radius 2 is 2.07 bits per heavy atom. The lowest BCUT2D eigenvalue weighted by Gasteiger charge is -2.28. The highest BCUT2D eigenvalue weighted by Gasteiger charge is 2.35. The van der Waals surface area contributed by atoms with Crippen LogP contribution in [0.3, 0.4) is 0 Å². The van der Waals surface area contributed by atoms with Crippen LogP contribution < -0.4 is 15.4 Å². The summed E-state index contributed by atoms with van der Waals surface area (Å²) in [5.41, 5.74) is 3.54. The molecule has 0 radical (unpaired) electrons. The average Bonchev–Trinajstić information content (AvgIpc) is 3.26. The summed E-state index contributed by atoms with van der Waals surface area (Å²) in [4.78, 5) is 17.6. The fourth-order valence-electron chi connectivity index (χ4n) is 3.48. The molecule has 0 spiro atoms. The van der Waals surface area contributed by atoms with Gasteiger partial charge in [0.1, 0.15) is 18.1 Å². The van der Waals surface area contributed by atoms with Crippen LogP contribution in [-0.4, -0.2) is 37.6 Å². The summed E-state index contributed by atoms with van der Waals surface area (Å²) in [5, 5.41) is 14.9. The first kappa shape index (κ1) is 17.8. The molecule has 2 N–H and O–H groups in total. The highest BCUT2D eigenvalue weighted by atomic mass is 16.5. The Labute approximate surface area is 162 Å². The topological polar surface area (TPSA) is 98.9 Å². The van der Waals surface area contributed by atoms with Gasteiger partial charge in [-0.3, -0.25) is 9.48 Å². The molecule has 0 aliphatic carbocycles. The van der Waals surface area contributed by atoms with Gasteiger partial charge in [0.25, 0.3) is 5.91 Å². The molecule has 0 saturated heterocycles. The van der Waals surface area contributed by atoms with Crippen molar-refractivity contribution in [2.75, 3.05) is 17.7 Å². The van der Waals surface area contributed by atoms with Crippen LogP contribution in [0.25, 0.3) is 0 Å². The summed E-state index contributed by atoms with van der Waals surface area (Å²) in [6, 6.07) is 8.78. The van der Waals surface area contributed by atoms with Gasteiger partial charge in [-0.2, -0.15) is 15.2 Å². The van der Waals surface area contributed by atoms with E-state index in [1.165, 1.54) is 6.33 Å². The third kappa shape index (κ3) is 2.90. The number of hydrogen-bond acceptors (Lipinski definition) is 6. The first-order valence-electron chi connectivity index (χ1n) is 8.81. The van der Waals surface area contributed by atoms with Crippen molar-refractivity contribution >= 4 is 17.5 Å². The number of nitrogens with zero attached hydrogens (tertiary/aromatic N) is 5. The summed E-state index contributed by atoms with van der Waals surface area (Å²) in [6.45, 7) is 3.77. The molecule has 1 aromatic carbocycles. The number of anilines is 2. The monoisotopic (exact) mass is 379 g/mol. The summed E-state index contributed by atoms with van der Waals surface area (Å²) in [5.74, 6) is 0.918. The number of rotatable bonds is 4. The zero-order valence-corrected chi connectivity index (χ0v) is 16.1. The average molecular weight is 379 g/mol. The number of carbonyl (C=O) groups is 1. The Hall–Kier alpha value is -3.62. The Balaban J connectivity index is 1.79. The fourth-order valence-corrected chi connectivity index (χ4v) is 3.48. The first-order chi connectivity index (χ1) is 13.5. The molecule has 28 heavy (non-hydrogen) atoms. The van der Waals surface area contributed by atoms with Crippen LogP contribution in [0.2, 0.25) is 0 Å². The molecular formula is C19H21N7O2. The number of aryl methyl sites for hydroxylation is 2. The molecule has 144 valence electrons. The molecule has 0 saturated carbocycles. The van der Waals surface area contributed by atoms with Crippen LogP contribution in [0.1, 0.15) is 24.4 Å². The second-order valence-corrected chi connectivity index (χ2v) is 6.58. The van der Waals surface area contributed by atoms with E-state index < -0.39 is 6.04 Å². The second kappa shape index (κ2) is 6.84. The molecule has 1 aliphatic heterocycles. The number of amides is 1. The van der Waals surface area contributed by atoms with E-state index >= 15 is 0 Å². The number of hydrogen-bond donors (Lipinski definition) is 2. The van der Waals surface area contributed by atoms with Gasteiger partial charge in [0.2, 0.25) is 5.95 Å². The van der Waals surface area contributed by atoms with E-state index in [2.05, 4.69) is 25.8 Å². The van der Waals surface area contributed by atoms with Gasteiger partial charge >= 0.3 is 0 Å². The van der Waals surface area contributed by atoms with E-state index in [1.807, 2.05) is 39.1 Å². The highest BCUT2D eigenvalue weighted by molar-refractivity contribution is 6.06. The zero-order chi connectivity index (χ0) is 19.8. The predicted octanol–water partition coefficient (Wildman–Crippen LogP) is 2.26. The molecule has 1 atom stereocenters. The van der Waals surface area contributed by atoms with Crippen molar-refractivity contribution < 1.29 is 9.53 Å². The lowest BCUT2D eigenvalue weighted by atomic mass is 9.98. The second-order valence-electron chi connectivity index (χ2n) is 6.58. The summed E-state index contributed by atoms with van der Waals surface area (Å²) in [7, 11) is 3.42. The number of aromatic nitrogens is 5. The number of para-hydroxylation sites is 2. The molecule has 0 fully saturated rings. The third-order valence-electron chi connectivity index (χ3n) is 4.71. The first-order valence-corrected chi connectivity index (χ1v) is 8.81.